The van der Waals surface area contributed by atoms with Crippen LogP contribution in [0.2, 0.25) is 0 Å². The zero-order chi connectivity index (χ0) is 14.7. The number of nitrogens with two attached hydrogens (primary N) is 1. The van der Waals surface area contributed by atoms with Crippen LogP contribution in [0.25, 0.3) is 0 Å². The molecule has 6 nitrogen and oxygen atoms in total. The van der Waals surface area contributed by atoms with E-state index in [9.17, 15) is 0 Å². The summed E-state index contributed by atoms with van der Waals surface area (Å²) in [5.41, 5.74) is 7.27. The van der Waals surface area contributed by atoms with E-state index in [0.717, 1.165) is 30.2 Å². The molecule has 0 fully saturated rings. The van der Waals surface area contributed by atoms with E-state index in [1.807, 2.05) is 18.7 Å². The third-order valence-corrected chi connectivity index (χ3v) is 3.24. The molecule has 0 radical (unpaired) electrons. The Labute approximate surface area is 115 Å². The summed E-state index contributed by atoms with van der Waals surface area (Å²) in [6.07, 6.45) is 0. The lowest BCUT2D eigenvalue weighted by Crippen LogP contribution is -2.42. The van der Waals surface area contributed by atoms with E-state index < -0.39 is 0 Å². The van der Waals surface area contributed by atoms with Crippen molar-refractivity contribution in [1.29, 1.82) is 5.41 Å². The van der Waals surface area contributed by atoms with E-state index >= 15 is 0 Å². The molecule has 0 spiro atoms. The minimum absolute atomic E-state index is 0.0797. The number of anilines is 1. The fraction of sp³-hybridized carbons (Fsp3) is 0.692. The minimum atomic E-state index is 0.0797. The van der Waals surface area contributed by atoms with Gasteiger partial charge in [-0.3, -0.25) is 10.1 Å². The molecule has 0 aliphatic heterocycles. The quantitative estimate of drug-likeness (QED) is 0.590. The molecule has 6 heteroatoms. The van der Waals surface area contributed by atoms with Crippen molar-refractivity contribution < 1.29 is 0 Å². The van der Waals surface area contributed by atoms with Crippen LogP contribution in [-0.4, -0.2) is 53.7 Å². The summed E-state index contributed by atoms with van der Waals surface area (Å²) >= 11 is 0. The van der Waals surface area contributed by atoms with Gasteiger partial charge in [-0.05, 0) is 34.9 Å². The smallest absolute Gasteiger partial charge is 0.138 e. The topological polar surface area (TPSA) is 74.2 Å². The Morgan fingerprint density at radius 2 is 2.05 bits per heavy atom. The van der Waals surface area contributed by atoms with Crippen molar-refractivity contribution >= 4 is 11.7 Å². The zero-order valence-electron chi connectivity index (χ0n) is 12.9. The summed E-state index contributed by atoms with van der Waals surface area (Å²) in [6, 6.07) is 0.327. The molecule has 1 rings (SSSR count). The summed E-state index contributed by atoms with van der Waals surface area (Å²) in [5.74, 6) is 1.01. The van der Waals surface area contributed by atoms with Crippen molar-refractivity contribution in [1.82, 2.24) is 14.7 Å². The van der Waals surface area contributed by atoms with Gasteiger partial charge in [0.05, 0.1) is 11.3 Å². The number of nitrogens with zero attached hydrogens (tertiary/aromatic N) is 4. The van der Waals surface area contributed by atoms with Gasteiger partial charge in [0, 0.05) is 26.2 Å². The predicted octanol–water partition coefficient (Wildman–Crippen LogP) is 0.789. The summed E-state index contributed by atoms with van der Waals surface area (Å²) in [4.78, 5) is 4.40. The molecule has 0 bridgehead atoms. The van der Waals surface area contributed by atoms with Crippen molar-refractivity contribution in [2.24, 2.45) is 12.8 Å². The highest BCUT2D eigenvalue weighted by molar-refractivity contribution is 6.01. The van der Waals surface area contributed by atoms with Crippen molar-refractivity contribution in [3.63, 3.8) is 0 Å². The van der Waals surface area contributed by atoms with Crippen LogP contribution in [0.5, 0.6) is 0 Å². The molecule has 19 heavy (non-hydrogen) atoms. The van der Waals surface area contributed by atoms with Crippen molar-refractivity contribution in [2.75, 3.05) is 32.1 Å². The number of nitrogen functional groups attached to an aromatic ring is 1. The number of aromatic nitrogens is 2. The normalized spacial score (nSPS) is 12.8. The standard InChI is InChI=1S/C13H26N6/c1-7-19(9(2)8-17(4)5)13-11(12(14)15)10(3)16-18(13)6/h9H,7-8H2,1-6H3,(H3,14,15). The number of nitrogens with one attached hydrogen (secondary N) is 1. The zero-order valence-corrected chi connectivity index (χ0v) is 12.9. The van der Waals surface area contributed by atoms with Gasteiger partial charge in [-0.25, -0.2) is 0 Å². The van der Waals surface area contributed by atoms with E-state index in [1.165, 1.54) is 0 Å². The second-order valence-electron chi connectivity index (χ2n) is 5.22. The fourth-order valence-electron chi connectivity index (χ4n) is 2.59. The van der Waals surface area contributed by atoms with Crippen LogP contribution in [0.4, 0.5) is 5.82 Å². The van der Waals surface area contributed by atoms with E-state index in [0.29, 0.717) is 6.04 Å². The van der Waals surface area contributed by atoms with Gasteiger partial charge >= 0.3 is 0 Å². The van der Waals surface area contributed by atoms with Crippen molar-refractivity contribution in [3.05, 3.63) is 11.3 Å². The van der Waals surface area contributed by atoms with Gasteiger partial charge in [-0.1, -0.05) is 0 Å². The van der Waals surface area contributed by atoms with Gasteiger partial charge in [0.15, 0.2) is 0 Å². The molecule has 1 aromatic rings. The second kappa shape index (κ2) is 6.06. The summed E-state index contributed by atoms with van der Waals surface area (Å²) in [6.45, 7) is 7.97. The Balaban J connectivity index is 3.21. The molecule has 0 saturated carbocycles. The first-order valence-corrected chi connectivity index (χ1v) is 6.58. The highest BCUT2D eigenvalue weighted by Crippen LogP contribution is 2.24. The second-order valence-corrected chi connectivity index (χ2v) is 5.22. The average Bonchev–Trinajstić information content (AvgIpc) is 2.54. The van der Waals surface area contributed by atoms with Crippen molar-refractivity contribution in [3.8, 4) is 0 Å². The number of hydrogen-bond donors (Lipinski definition) is 2. The number of likely N-dealkylation sites (N-methyl/N-ethyl adjacent to an activating group) is 2. The van der Waals surface area contributed by atoms with Crippen LogP contribution in [-0.2, 0) is 7.05 Å². The Morgan fingerprint density at radius 3 is 2.47 bits per heavy atom. The monoisotopic (exact) mass is 266 g/mol. The number of aryl methyl sites for hydroxylation is 2. The highest BCUT2D eigenvalue weighted by atomic mass is 15.4. The Kier molecular flexibility index (Phi) is 4.94. The van der Waals surface area contributed by atoms with Gasteiger partial charge in [-0.2, -0.15) is 5.10 Å². The minimum Gasteiger partial charge on any atom is -0.384 e. The molecule has 0 amide bonds. The average molecular weight is 266 g/mol. The molecule has 0 aliphatic rings. The SMILES string of the molecule is CCN(c1c(C(=N)N)c(C)nn1C)C(C)CN(C)C. The van der Waals surface area contributed by atoms with E-state index in [1.54, 1.807) is 0 Å². The largest absolute Gasteiger partial charge is 0.384 e. The Hall–Kier alpha value is -1.56. The van der Waals surface area contributed by atoms with Crippen LogP contribution >= 0.6 is 0 Å². The highest BCUT2D eigenvalue weighted by Gasteiger charge is 2.24. The molecule has 0 saturated heterocycles. The molecule has 1 unspecified atom stereocenters. The maximum Gasteiger partial charge on any atom is 0.138 e. The fourth-order valence-corrected chi connectivity index (χ4v) is 2.59. The Morgan fingerprint density at radius 1 is 1.47 bits per heavy atom. The molecule has 108 valence electrons. The van der Waals surface area contributed by atoms with Gasteiger partial charge < -0.3 is 15.5 Å². The third kappa shape index (κ3) is 3.26. The molecule has 0 aromatic carbocycles. The maximum absolute atomic E-state index is 7.77. The van der Waals surface area contributed by atoms with E-state index in [4.69, 9.17) is 11.1 Å². The Bertz CT molecular complexity index is 448. The lowest BCUT2D eigenvalue weighted by Gasteiger charge is -2.32. The lowest BCUT2D eigenvalue weighted by atomic mass is 10.1. The maximum atomic E-state index is 7.77. The first kappa shape index (κ1) is 15.5. The van der Waals surface area contributed by atoms with E-state index in [-0.39, 0.29) is 5.84 Å². The molecule has 3 N–H and O–H groups in total. The lowest BCUT2D eigenvalue weighted by molar-refractivity contribution is 0.371. The summed E-state index contributed by atoms with van der Waals surface area (Å²) in [5, 5.41) is 12.2. The van der Waals surface area contributed by atoms with Gasteiger partial charge in [-0.15, -0.1) is 0 Å². The van der Waals surface area contributed by atoms with Crippen LogP contribution in [0.1, 0.15) is 25.1 Å². The van der Waals surface area contributed by atoms with Gasteiger partial charge in [0.1, 0.15) is 11.7 Å². The van der Waals surface area contributed by atoms with Crippen LogP contribution in [0, 0.1) is 12.3 Å². The number of amidine groups is 1. The third-order valence-electron chi connectivity index (χ3n) is 3.24. The van der Waals surface area contributed by atoms with E-state index in [2.05, 4.69) is 42.8 Å². The molecule has 1 heterocycles. The molecule has 1 atom stereocenters. The van der Waals surface area contributed by atoms with Crippen molar-refractivity contribution in [2.45, 2.75) is 26.8 Å². The molecule has 1 aromatic heterocycles. The first-order chi connectivity index (χ1) is 8.79. The first-order valence-electron chi connectivity index (χ1n) is 6.58. The van der Waals surface area contributed by atoms with Crippen LogP contribution in [0.3, 0.4) is 0 Å². The summed E-state index contributed by atoms with van der Waals surface area (Å²) in [7, 11) is 6.02. The van der Waals surface area contributed by atoms with Crippen LogP contribution < -0.4 is 10.6 Å². The molecular formula is C13H26N6. The van der Waals surface area contributed by atoms with Gasteiger partial charge in [0.25, 0.3) is 0 Å². The summed E-state index contributed by atoms with van der Waals surface area (Å²) < 4.78 is 1.82. The molecule has 0 aliphatic carbocycles. The van der Waals surface area contributed by atoms with Crippen LogP contribution in [0.15, 0.2) is 0 Å². The number of hydrogen-bond acceptors (Lipinski definition) is 4. The van der Waals surface area contributed by atoms with Gasteiger partial charge in [0.2, 0.25) is 0 Å². The number of rotatable bonds is 6. The predicted molar refractivity (Wildman–Crippen MR) is 80.0 cm³/mol. The molecular weight excluding hydrogens is 240 g/mol.